The SMILES string of the molecule is CN1CCN(c2ccc(Cl)cc2NC(=O)C2CC(=O)N(c3cccc(C(F)(F)F)c3)C2)CC1. The number of carbonyl (C=O) groups excluding carboxylic acids is 2. The summed E-state index contributed by atoms with van der Waals surface area (Å²) in [7, 11) is 2.05. The number of carbonyl (C=O) groups is 2. The van der Waals surface area contributed by atoms with Crippen molar-refractivity contribution in [1.82, 2.24) is 4.90 Å². The lowest BCUT2D eigenvalue weighted by Crippen LogP contribution is -2.44. The summed E-state index contributed by atoms with van der Waals surface area (Å²) < 4.78 is 39.2. The Labute approximate surface area is 194 Å². The molecule has 4 rings (SSSR count). The minimum atomic E-state index is -4.51. The van der Waals surface area contributed by atoms with Crippen molar-refractivity contribution < 1.29 is 22.8 Å². The lowest BCUT2D eigenvalue weighted by molar-refractivity contribution is -0.137. The van der Waals surface area contributed by atoms with E-state index in [2.05, 4.69) is 22.2 Å². The third-order valence-electron chi connectivity index (χ3n) is 6.04. The molecule has 0 aliphatic carbocycles. The maximum atomic E-state index is 13.1. The molecule has 2 aromatic carbocycles. The fourth-order valence-electron chi connectivity index (χ4n) is 4.15. The summed E-state index contributed by atoms with van der Waals surface area (Å²) in [4.78, 5) is 31.2. The highest BCUT2D eigenvalue weighted by molar-refractivity contribution is 6.31. The van der Waals surface area contributed by atoms with Crippen molar-refractivity contribution in [3.8, 4) is 0 Å². The molecule has 0 aromatic heterocycles. The molecular formula is C23H24ClF3N4O2. The number of alkyl halides is 3. The van der Waals surface area contributed by atoms with Gasteiger partial charge in [0.2, 0.25) is 11.8 Å². The van der Waals surface area contributed by atoms with E-state index in [0.717, 1.165) is 44.0 Å². The van der Waals surface area contributed by atoms with Crippen LogP contribution in [0.25, 0.3) is 0 Å². The minimum Gasteiger partial charge on any atom is -0.367 e. The van der Waals surface area contributed by atoms with Gasteiger partial charge in [-0.25, -0.2) is 0 Å². The molecule has 2 amide bonds. The number of anilines is 3. The van der Waals surface area contributed by atoms with Crippen LogP contribution in [0.15, 0.2) is 42.5 Å². The summed E-state index contributed by atoms with van der Waals surface area (Å²) in [6.07, 6.45) is -4.59. The summed E-state index contributed by atoms with van der Waals surface area (Å²) in [5.41, 5.74) is 0.699. The van der Waals surface area contributed by atoms with Gasteiger partial charge in [0.25, 0.3) is 0 Å². The average molecular weight is 481 g/mol. The number of hydrogen-bond acceptors (Lipinski definition) is 4. The van der Waals surface area contributed by atoms with Crippen LogP contribution < -0.4 is 15.1 Å². The Morgan fingerprint density at radius 1 is 1.09 bits per heavy atom. The maximum absolute atomic E-state index is 13.1. The van der Waals surface area contributed by atoms with Gasteiger partial charge in [0.15, 0.2) is 0 Å². The van der Waals surface area contributed by atoms with E-state index in [1.165, 1.54) is 17.0 Å². The zero-order valence-electron chi connectivity index (χ0n) is 18.0. The number of hydrogen-bond donors (Lipinski definition) is 1. The van der Waals surface area contributed by atoms with Gasteiger partial charge in [-0.1, -0.05) is 17.7 Å². The molecule has 2 aromatic rings. The van der Waals surface area contributed by atoms with Crippen molar-refractivity contribution in [2.45, 2.75) is 12.6 Å². The third kappa shape index (κ3) is 5.25. The van der Waals surface area contributed by atoms with Crippen LogP contribution in [0.2, 0.25) is 5.02 Å². The molecule has 2 aliphatic rings. The molecule has 6 nitrogen and oxygen atoms in total. The predicted octanol–water partition coefficient (Wildman–Crippen LogP) is 4.10. The third-order valence-corrected chi connectivity index (χ3v) is 6.28. The highest BCUT2D eigenvalue weighted by Crippen LogP contribution is 2.35. The van der Waals surface area contributed by atoms with E-state index in [9.17, 15) is 22.8 Å². The monoisotopic (exact) mass is 480 g/mol. The van der Waals surface area contributed by atoms with Gasteiger partial charge in [0.05, 0.1) is 22.9 Å². The minimum absolute atomic E-state index is 0.0103. The number of amides is 2. The number of rotatable bonds is 4. The first-order valence-corrected chi connectivity index (χ1v) is 11.0. The molecule has 2 fully saturated rings. The molecular weight excluding hydrogens is 457 g/mol. The van der Waals surface area contributed by atoms with Crippen LogP contribution in [0.3, 0.4) is 0 Å². The second-order valence-electron chi connectivity index (χ2n) is 8.39. The Hall–Kier alpha value is -2.78. The van der Waals surface area contributed by atoms with Crippen molar-refractivity contribution >= 4 is 40.5 Å². The Balaban J connectivity index is 1.49. The van der Waals surface area contributed by atoms with Crippen LogP contribution in [0.4, 0.5) is 30.2 Å². The molecule has 2 aliphatic heterocycles. The molecule has 0 spiro atoms. The molecule has 1 atom stereocenters. The average Bonchev–Trinajstić information content (AvgIpc) is 3.16. The van der Waals surface area contributed by atoms with Gasteiger partial charge in [-0.3, -0.25) is 9.59 Å². The van der Waals surface area contributed by atoms with Gasteiger partial charge in [-0.2, -0.15) is 13.2 Å². The van der Waals surface area contributed by atoms with Gasteiger partial charge >= 0.3 is 6.18 Å². The van der Waals surface area contributed by atoms with E-state index >= 15 is 0 Å². The van der Waals surface area contributed by atoms with Crippen LogP contribution in [0.1, 0.15) is 12.0 Å². The quantitative estimate of drug-likeness (QED) is 0.716. The van der Waals surface area contributed by atoms with Crippen LogP contribution in [-0.4, -0.2) is 56.5 Å². The second-order valence-corrected chi connectivity index (χ2v) is 8.83. The normalized spacial score (nSPS) is 19.8. The first kappa shape index (κ1) is 23.4. The highest BCUT2D eigenvalue weighted by Gasteiger charge is 2.37. The van der Waals surface area contributed by atoms with Crippen molar-refractivity contribution in [2.75, 3.05) is 54.9 Å². The Kier molecular flexibility index (Phi) is 6.54. The molecule has 2 heterocycles. The predicted molar refractivity (Wildman–Crippen MR) is 122 cm³/mol. The number of halogens is 4. The molecule has 1 unspecified atom stereocenters. The van der Waals surface area contributed by atoms with Crippen molar-refractivity contribution in [3.63, 3.8) is 0 Å². The first-order chi connectivity index (χ1) is 15.6. The number of nitrogens with zero attached hydrogens (tertiary/aromatic N) is 3. The Morgan fingerprint density at radius 2 is 1.82 bits per heavy atom. The van der Waals surface area contributed by atoms with Crippen molar-refractivity contribution in [1.29, 1.82) is 0 Å². The van der Waals surface area contributed by atoms with Gasteiger partial charge in [-0.05, 0) is 43.4 Å². The smallest absolute Gasteiger partial charge is 0.367 e. The summed E-state index contributed by atoms with van der Waals surface area (Å²) in [6, 6.07) is 9.88. The maximum Gasteiger partial charge on any atom is 0.416 e. The fourth-order valence-corrected chi connectivity index (χ4v) is 4.32. The molecule has 10 heteroatoms. The van der Waals surface area contributed by atoms with E-state index in [0.29, 0.717) is 10.7 Å². The number of piperazine rings is 1. The Bertz CT molecular complexity index is 1050. The lowest BCUT2D eigenvalue weighted by atomic mass is 10.1. The molecule has 176 valence electrons. The zero-order chi connectivity index (χ0) is 23.8. The second kappa shape index (κ2) is 9.23. The first-order valence-electron chi connectivity index (χ1n) is 10.6. The molecule has 0 saturated carbocycles. The zero-order valence-corrected chi connectivity index (χ0v) is 18.8. The standard InChI is InChI=1S/C23H24ClF3N4O2/c1-29-7-9-30(10-8-29)20-6-5-17(24)13-19(20)28-22(33)15-11-21(32)31(14-15)18-4-2-3-16(12-18)23(25,26)27/h2-6,12-13,15H,7-11,14H2,1H3,(H,28,33). The van der Waals surface area contributed by atoms with Crippen LogP contribution in [0.5, 0.6) is 0 Å². The summed E-state index contributed by atoms with van der Waals surface area (Å²) in [5.74, 6) is -1.44. The molecule has 0 bridgehead atoms. The number of benzene rings is 2. The van der Waals surface area contributed by atoms with Crippen molar-refractivity contribution in [2.24, 2.45) is 5.92 Å². The van der Waals surface area contributed by atoms with E-state index in [-0.39, 0.29) is 30.5 Å². The number of likely N-dealkylation sites (N-methyl/N-ethyl adjacent to an activating group) is 1. The summed E-state index contributed by atoms with van der Waals surface area (Å²) in [6.45, 7) is 3.38. The largest absolute Gasteiger partial charge is 0.416 e. The molecule has 1 N–H and O–H groups in total. The highest BCUT2D eigenvalue weighted by atomic mass is 35.5. The summed E-state index contributed by atoms with van der Waals surface area (Å²) >= 11 is 6.17. The van der Waals surface area contributed by atoms with Gasteiger partial charge in [-0.15, -0.1) is 0 Å². The van der Waals surface area contributed by atoms with E-state index in [1.807, 2.05) is 6.07 Å². The van der Waals surface area contributed by atoms with Crippen LogP contribution in [-0.2, 0) is 15.8 Å². The molecule has 2 saturated heterocycles. The topological polar surface area (TPSA) is 55.9 Å². The van der Waals surface area contributed by atoms with Crippen molar-refractivity contribution in [3.05, 3.63) is 53.1 Å². The fraction of sp³-hybridized carbons (Fsp3) is 0.391. The van der Waals surface area contributed by atoms with E-state index in [4.69, 9.17) is 11.6 Å². The van der Waals surface area contributed by atoms with E-state index in [1.54, 1.807) is 12.1 Å². The summed E-state index contributed by atoms with van der Waals surface area (Å²) in [5, 5.41) is 3.36. The molecule has 0 radical (unpaired) electrons. The van der Waals surface area contributed by atoms with Gasteiger partial charge < -0.3 is 20.0 Å². The van der Waals surface area contributed by atoms with Gasteiger partial charge in [0, 0.05) is 49.9 Å². The molecule has 33 heavy (non-hydrogen) atoms. The van der Waals surface area contributed by atoms with Crippen LogP contribution in [0, 0.1) is 5.92 Å². The Morgan fingerprint density at radius 3 is 2.52 bits per heavy atom. The number of nitrogens with one attached hydrogen (secondary N) is 1. The lowest BCUT2D eigenvalue weighted by Gasteiger charge is -2.35. The van der Waals surface area contributed by atoms with E-state index < -0.39 is 17.7 Å². The van der Waals surface area contributed by atoms with Gasteiger partial charge in [0.1, 0.15) is 0 Å². The van der Waals surface area contributed by atoms with Crippen LogP contribution >= 0.6 is 11.6 Å².